The third-order valence-electron chi connectivity index (χ3n) is 2.70. The van der Waals surface area contributed by atoms with Gasteiger partial charge in [-0.15, -0.1) is 0 Å². The number of imidazole rings is 1. The number of carbonyl (C=O) groups excluding carboxylic acids is 1. The van der Waals surface area contributed by atoms with E-state index in [-0.39, 0.29) is 18.9 Å². The Hall–Kier alpha value is -1.92. The van der Waals surface area contributed by atoms with Crippen molar-refractivity contribution in [2.24, 2.45) is 0 Å². The summed E-state index contributed by atoms with van der Waals surface area (Å²) < 4.78 is 1.81. The highest BCUT2D eigenvalue weighted by molar-refractivity contribution is 5.93. The average molecular weight is 249 g/mol. The van der Waals surface area contributed by atoms with Crippen LogP contribution in [-0.4, -0.2) is 44.8 Å². The highest BCUT2D eigenvalue weighted by Gasteiger charge is 2.15. The van der Waals surface area contributed by atoms with Gasteiger partial charge < -0.3 is 19.9 Å². The normalized spacial score (nSPS) is 11.1. The lowest BCUT2D eigenvalue weighted by molar-refractivity contribution is 0.0875. The van der Waals surface area contributed by atoms with Crippen LogP contribution in [0.25, 0.3) is 5.65 Å². The Kier molecular flexibility index (Phi) is 3.59. The summed E-state index contributed by atoms with van der Waals surface area (Å²) in [6.07, 6.45) is 1.63. The Bertz CT molecular complexity index is 561. The minimum absolute atomic E-state index is 0.260. The second kappa shape index (κ2) is 5.16. The Balaban J connectivity index is 2.26. The van der Waals surface area contributed by atoms with Crippen molar-refractivity contribution >= 4 is 11.6 Å². The van der Waals surface area contributed by atoms with Gasteiger partial charge in [0, 0.05) is 11.9 Å². The standard InChI is InChI=1S/C12H15N3O3/c1-8-3-2-4-11-14-10(5-15(8)11)12(18)13-9(6-16)7-17/h2-5,9,16-17H,6-7H2,1H3,(H,13,18). The van der Waals surface area contributed by atoms with Gasteiger partial charge in [0.2, 0.25) is 0 Å². The molecule has 0 spiro atoms. The first-order chi connectivity index (χ1) is 8.65. The number of nitrogens with one attached hydrogen (secondary N) is 1. The molecule has 0 atom stereocenters. The molecule has 3 N–H and O–H groups in total. The summed E-state index contributed by atoms with van der Waals surface area (Å²) in [5.74, 6) is -0.411. The topological polar surface area (TPSA) is 86.9 Å². The number of hydrogen-bond donors (Lipinski definition) is 3. The molecule has 2 aromatic rings. The molecule has 0 saturated carbocycles. The van der Waals surface area contributed by atoms with Crippen LogP contribution in [0, 0.1) is 6.92 Å². The molecule has 0 aliphatic heterocycles. The van der Waals surface area contributed by atoms with E-state index in [0.29, 0.717) is 5.65 Å². The Morgan fingerprint density at radius 2 is 2.17 bits per heavy atom. The highest BCUT2D eigenvalue weighted by Crippen LogP contribution is 2.08. The van der Waals surface area contributed by atoms with Crippen LogP contribution in [0.5, 0.6) is 0 Å². The second-order valence-corrected chi connectivity index (χ2v) is 4.06. The summed E-state index contributed by atoms with van der Waals surface area (Å²) in [5.41, 5.74) is 1.92. The molecule has 2 aromatic heterocycles. The largest absolute Gasteiger partial charge is 0.394 e. The van der Waals surface area contributed by atoms with Gasteiger partial charge in [-0.05, 0) is 19.1 Å². The van der Waals surface area contributed by atoms with Crippen molar-refractivity contribution in [1.29, 1.82) is 0 Å². The van der Waals surface area contributed by atoms with Crippen molar-refractivity contribution in [3.63, 3.8) is 0 Å². The van der Waals surface area contributed by atoms with Crippen LogP contribution in [0.1, 0.15) is 16.2 Å². The molecule has 6 heteroatoms. The van der Waals surface area contributed by atoms with Gasteiger partial charge in [0.05, 0.1) is 19.3 Å². The van der Waals surface area contributed by atoms with Crippen LogP contribution < -0.4 is 5.32 Å². The van der Waals surface area contributed by atoms with E-state index in [0.717, 1.165) is 5.69 Å². The molecule has 0 unspecified atom stereocenters. The fourth-order valence-electron chi connectivity index (χ4n) is 1.67. The van der Waals surface area contributed by atoms with Crippen molar-refractivity contribution in [2.45, 2.75) is 13.0 Å². The van der Waals surface area contributed by atoms with Gasteiger partial charge in [-0.3, -0.25) is 4.79 Å². The number of aryl methyl sites for hydroxylation is 1. The zero-order chi connectivity index (χ0) is 13.1. The van der Waals surface area contributed by atoms with Crippen LogP contribution in [-0.2, 0) is 0 Å². The predicted molar refractivity (Wildman–Crippen MR) is 65.4 cm³/mol. The minimum Gasteiger partial charge on any atom is -0.394 e. The molecule has 0 aromatic carbocycles. The zero-order valence-corrected chi connectivity index (χ0v) is 10.00. The molecular weight excluding hydrogens is 234 g/mol. The van der Waals surface area contributed by atoms with E-state index in [9.17, 15) is 4.79 Å². The third kappa shape index (κ3) is 2.34. The lowest BCUT2D eigenvalue weighted by Crippen LogP contribution is -2.40. The van der Waals surface area contributed by atoms with Crippen molar-refractivity contribution in [2.75, 3.05) is 13.2 Å². The third-order valence-corrected chi connectivity index (χ3v) is 2.70. The van der Waals surface area contributed by atoms with Gasteiger partial charge in [0.1, 0.15) is 11.3 Å². The number of aliphatic hydroxyl groups excluding tert-OH is 2. The Morgan fingerprint density at radius 3 is 2.78 bits per heavy atom. The monoisotopic (exact) mass is 249 g/mol. The summed E-state index contributed by atoms with van der Waals surface area (Å²) in [7, 11) is 0. The first-order valence-corrected chi connectivity index (χ1v) is 5.63. The average Bonchev–Trinajstić information content (AvgIpc) is 2.81. The van der Waals surface area contributed by atoms with E-state index in [1.54, 1.807) is 12.3 Å². The van der Waals surface area contributed by atoms with Gasteiger partial charge in [0.25, 0.3) is 5.91 Å². The smallest absolute Gasteiger partial charge is 0.271 e. The summed E-state index contributed by atoms with van der Waals surface area (Å²) in [6, 6.07) is 4.92. The maximum Gasteiger partial charge on any atom is 0.271 e. The number of amides is 1. The number of hydrogen-bond acceptors (Lipinski definition) is 4. The van der Waals surface area contributed by atoms with E-state index >= 15 is 0 Å². The van der Waals surface area contributed by atoms with Crippen LogP contribution in [0.2, 0.25) is 0 Å². The minimum atomic E-state index is -0.664. The van der Waals surface area contributed by atoms with E-state index in [2.05, 4.69) is 10.3 Å². The number of aliphatic hydroxyl groups is 2. The quantitative estimate of drug-likeness (QED) is 0.696. The van der Waals surface area contributed by atoms with Gasteiger partial charge in [-0.1, -0.05) is 6.07 Å². The van der Waals surface area contributed by atoms with Crippen molar-refractivity contribution in [3.05, 3.63) is 35.8 Å². The molecule has 6 nitrogen and oxygen atoms in total. The van der Waals surface area contributed by atoms with E-state index in [1.807, 2.05) is 23.5 Å². The predicted octanol–water partition coefficient (Wildman–Crippen LogP) is -0.274. The molecular formula is C12H15N3O3. The maximum absolute atomic E-state index is 11.8. The second-order valence-electron chi connectivity index (χ2n) is 4.06. The molecule has 0 saturated heterocycles. The molecule has 96 valence electrons. The van der Waals surface area contributed by atoms with E-state index in [1.165, 1.54) is 0 Å². The molecule has 2 heterocycles. The molecule has 18 heavy (non-hydrogen) atoms. The summed E-state index contributed by atoms with van der Waals surface area (Å²) in [5, 5.41) is 20.3. The molecule has 0 radical (unpaired) electrons. The molecule has 0 aliphatic rings. The van der Waals surface area contributed by atoms with Crippen molar-refractivity contribution in [3.8, 4) is 0 Å². The van der Waals surface area contributed by atoms with Crippen LogP contribution in [0.4, 0.5) is 0 Å². The summed E-state index contributed by atoms with van der Waals surface area (Å²) in [6.45, 7) is 1.30. The zero-order valence-electron chi connectivity index (χ0n) is 10.00. The first kappa shape index (κ1) is 12.5. The fourth-order valence-corrected chi connectivity index (χ4v) is 1.67. The van der Waals surface area contributed by atoms with E-state index < -0.39 is 11.9 Å². The maximum atomic E-state index is 11.8. The summed E-state index contributed by atoms with van der Waals surface area (Å²) >= 11 is 0. The fraction of sp³-hybridized carbons (Fsp3) is 0.333. The number of fused-ring (bicyclic) bond motifs is 1. The van der Waals surface area contributed by atoms with Gasteiger partial charge in [0.15, 0.2) is 0 Å². The lowest BCUT2D eigenvalue weighted by Gasteiger charge is -2.11. The van der Waals surface area contributed by atoms with Crippen LogP contribution >= 0.6 is 0 Å². The number of pyridine rings is 1. The van der Waals surface area contributed by atoms with Crippen LogP contribution in [0.3, 0.4) is 0 Å². The SMILES string of the molecule is Cc1cccc2nc(C(=O)NC(CO)CO)cn12. The van der Waals surface area contributed by atoms with Crippen molar-refractivity contribution < 1.29 is 15.0 Å². The Morgan fingerprint density at radius 1 is 1.44 bits per heavy atom. The van der Waals surface area contributed by atoms with Gasteiger partial charge >= 0.3 is 0 Å². The molecule has 0 aliphatic carbocycles. The molecule has 1 amide bonds. The number of rotatable bonds is 4. The summed E-state index contributed by atoms with van der Waals surface area (Å²) in [4.78, 5) is 16.0. The van der Waals surface area contributed by atoms with Crippen molar-refractivity contribution in [1.82, 2.24) is 14.7 Å². The lowest BCUT2D eigenvalue weighted by atomic mass is 10.3. The highest BCUT2D eigenvalue weighted by atomic mass is 16.3. The van der Waals surface area contributed by atoms with Crippen LogP contribution in [0.15, 0.2) is 24.4 Å². The number of carbonyl (C=O) groups is 1. The first-order valence-electron chi connectivity index (χ1n) is 5.63. The van der Waals surface area contributed by atoms with E-state index in [4.69, 9.17) is 10.2 Å². The van der Waals surface area contributed by atoms with Gasteiger partial charge in [-0.25, -0.2) is 4.98 Å². The number of aromatic nitrogens is 2. The molecule has 0 bridgehead atoms. The van der Waals surface area contributed by atoms with Gasteiger partial charge in [-0.2, -0.15) is 0 Å². The molecule has 0 fully saturated rings. The Labute approximate surface area is 104 Å². The number of nitrogens with zero attached hydrogens (tertiary/aromatic N) is 2. The molecule has 2 rings (SSSR count).